The van der Waals surface area contributed by atoms with Crippen molar-refractivity contribution in [2.75, 3.05) is 26.2 Å². The zero-order valence-electron chi connectivity index (χ0n) is 12.7. The average Bonchev–Trinajstić information content (AvgIpc) is 2.95. The van der Waals surface area contributed by atoms with E-state index >= 15 is 0 Å². The first-order chi connectivity index (χ1) is 9.47. The smallest absolute Gasteiger partial charge is 0.236 e. The standard InChI is InChI=1S/C14H28N4O2/c1-14(2,13(15)17-20)7-3-4-8-16-11-12(19)18-9-5-6-10-18/h16,20H,3-11H2,1-2H3,(H2,15,17). The van der Waals surface area contributed by atoms with Crippen molar-refractivity contribution < 1.29 is 10.0 Å². The van der Waals surface area contributed by atoms with Crippen LogP contribution in [0.1, 0.15) is 46.0 Å². The fraction of sp³-hybridized carbons (Fsp3) is 0.857. The van der Waals surface area contributed by atoms with Crippen LogP contribution in [-0.4, -0.2) is 48.0 Å². The predicted molar refractivity (Wildman–Crippen MR) is 79.7 cm³/mol. The second kappa shape index (κ2) is 8.09. The average molecular weight is 284 g/mol. The molecule has 0 atom stereocenters. The molecule has 1 fully saturated rings. The molecule has 0 aromatic heterocycles. The molecule has 0 aliphatic carbocycles. The molecular weight excluding hydrogens is 256 g/mol. The molecule has 6 nitrogen and oxygen atoms in total. The topological polar surface area (TPSA) is 91.0 Å². The molecule has 0 aromatic carbocycles. The first kappa shape index (κ1) is 16.8. The van der Waals surface area contributed by atoms with Gasteiger partial charge in [0.05, 0.1) is 6.54 Å². The van der Waals surface area contributed by atoms with Gasteiger partial charge >= 0.3 is 0 Å². The zero-order chi connectivity index (χ0) is 15.0. The van der Waals surface area contributed by atoms with Gasteiger partial charge in [-0.15, -0.1) is 0 Å². The van der Waals surface area contributed by atoms with E-state index < -0.39 is 0 Å². The number of nitrogens with one attached hydrogen (secondary N) is 1. The maximum atomic E-state index is 11.8. The third kappa shape index (κ3) is 5.36. The van der Waals surface area contributed by atoms with Gasteiger partial charge in [-0.2, -0.15) is 0 Å². The second-order valence-corrected chi connectivity index (χ2v) is 6.09. The predicted octanol–water partition coefficient (Wildman–Crippen LogP) is 1.14. The molecule has 0 bridgehead atoms. The summed E-state index contributed by atoms with van der Waals surface area (Å²) >= 11 is 0. The van der Waals surface area contributed by atoms with Crippen LogP contribution >= 0.6 is 0 Å². The lowest BCUT2D eigenvalue weighted by molar-refractivity contribution is -0.129. The van der Waals surface area contributed by atoms with Crippen molar-refractivity contribution in [3.63, 3.8) is 0 Å². The van der Waals surface area contributed by atoms with Crippen LogP contribution in [0.25, 0.3) is 0 Å². The summed E-state index contributed by atoms with van der Waals surface area (Å²) in [5.41, 5.74) is 5.36. The van der Waals surface area contributed by atoms with Crippen molar-refractivity contribution in [2.45, 2.75) is 46.0 Å². The molecule has 0 saturated carbocycles. The Labute approximate surface area is 121 Å². The molecule has 0 spiro atoms. The summed E-state index contributed by atoms with van der Waals surface area (Å²) in [6.07, 6.45) is 5.09. The minimum atomic E-state index is -0.278. The molecule has 0 unspecified atom stereocenters. The molecule has 20 heavy (non-hydrogen) atoms. The Kier molecular flexibility index (Phi) is 6.78. The fourth-order valence-electron chi connectivity index (χ4n) is 2.35. The van der Waals surface area contributed by atoms with Gasteiger partial charge in [0.15, 0.2) is 0 Å². The Morgan fingerprint density at radius 3 is 2.60 bits per heavy atom. The van der Waals surface area contributed by atoms with Crippen LogP contribution in [0.4, 0.5) is 0 Å². The molecule has 1 rings (SSSR count). The van der Waals surface area contributed by atoms with Crippen LogP contribution in [-0.2, 0) is 4.79 Å². The number of unbranched alkanes of at least 4 members (excludes halogenated alkanes) is 1. The van der Waals surface area contributed by atoms with Gasteiger partial charge < -0.3 is 21.2 Å². The Morgan fingerprint density at radius 1 is 1.35 bits per heavy atom. The summed E-state index contributed by atoms with van der Waals surface area (Å²) in [7, 11) is 0. The number of carbonyl (C=O) groups is 1. The van der Waals surface area contributed by atoms with Crippen molar-refractivity contribution in [3.8, 4) is 0 Å². The molecule has 1 saturated heterocycles. The summed E-state index contributed by atoms with van der Waals surface area (Å²) in [5.74, 6) is 0.481. The lowest BCUT2D eigenvalue weighted by atomic mass is 9.86. The summed E-state index contributed by atoms with van der Waals surface area (Å²) in [4.78, 5) is 13.7. The maximum absolute atomic E-state index is 11.8. The third-order valence-corrected chi connectivity index (χ3v) is 3.94. The minimum Gasteiger partial charge on any atom is -0.409 e. The minimum absolute atomic E-state index is 0.208. The van der Waals surface area contributed by atoms with Gasteiger partial charge in [0.1, 0.15) is 5.84 Å². The number of amidine groups is 1. The van der Waals surface area contributed by atoms with Crippen LogP contribution in [0.5, 0.6) is 0 Å². The summed E-state index contributed by atoms with van der Waals surface area (Å²) in [5, 5.41) is 14.9. The summed E-state index contributed by atoms with van der Waals surface area (Å²) in [6.45, 7) is 7.01. The van der Waals surface area contributed by atoms with E-state index in [-0.39, 0.29) is 17.2 Å². The van der Waals surface area contributed by atoms with Gasteiger partial charge in [0.25, 0.3) is 0 Å². The van der Waals surface area contributed by atoms with Gasteiger partial charge in [-0.3, -0.25) is 4.79 Å². The molecule has 6 heteroatoms. The Balaban J connectivity index is 2.06. The molecule has 1 aliphatic rings. The van der Waals surface area contributed by atoms with E-state index in [0.29, 0.717) is 6.54 Å². The van der Waals surface area contributed by atoms with Gasteiger partial charge in [-0.1, -0.05) is 25.4 Å². The van der Waals surface area contributed by atoms with Crippen LogP contribution < -0.4 is 11.1 Å². The summed E-state index contributed by atoms with van der Waals surface area (Å²) in [6, 6.07) is 0. The highest BCUT2D eigenvalue weighted by Gasteiger charge is 2.22. The monoisotopic (exact) mass is 284 g/mol. The molecule has 1 aliphatic heterocycles. The molecular formula is C14H28N4O2. The molecule has 116 valence electrons. The van der Waals surface area contributed by atoms with Crippen molar-refractivity contribution in [1.82, 2.24) is 10.2 Å². The van der Waals surface area contributed by atoms with Crippen LogP contribution in [0.3, 0.4) is 0 Å². The maximum Gasteiger partial charge on any atom is 0.236 e. The number of rotatable bonds is 8. The molecule has 4 N–H and O–H groups in total. The van der Waals surface area contributed by atoms with E-state index in [9.17, 15) is 4.79 Å². The van der Waals surface area contributed by atoms with Gasteiger partial charge in [-0.25, -0.2) is 0 Å². The van der Waals surface area contributed by atoms with E-state index in [0.717, 1.165) is 51.7 Å². The largest absolute Gasteiger partial charge is 0.409 e. The quantitative estimate of drug-likeness (QED) is 0.205. The van der Waals surface area contributed by atoms with Crippen molar-refractivity contribution >= 4 is 11.7 Å². The molecule has 1 heterocycles. The van der Waals surface area contributed by atoms with Crippen LogP contribution in [0.2, 0.25) is 0 Å². The molecule has 0 aromatic rings. The van der Waals surface area contributed by atoms with Crippen molar-refractivity contribution in [1.29, 1.82) is 0 Å². The highest BCUT2D eigenvalue weighted by molar-refractivity contribution is 5.85. The van der Waals surface area contributed by atoms with Crippen LogP contribution in [0.15, 0.2) is 5.16 Å². The SMILES string of the molecule is CC(C)(CCCCNCC(=O)N1CCCC1)C(N)=NO. The van der Waals surface area contributed by atoms with E-state index in [1.165, 1.54) is 0 Å². The van der Waals surface area contributed by atoms with E-state index in [1.54, 1.807) is 0 Å². The summed E-state index contributed by atoms with van der Waals surface area (Å²) < 4.78 is 0. The second-order valence-electron chi connectivity index (χ2n) is 6.09. The number of amides is 1. The normalized spacial score (nSPS) is 16.7. The lowest BCUT2D eigenvalue weighted by Crippen LogP contribution is -2.36. The number of nitrogens with zero attached hydrogens (tertiary/aromatic N) is 2. The van der Waals surface area contributed by atoms with Crippen molar-refractivity contribution in [3.05, 3.63) is 0 Å². The highest BCUT2D eigenvalue weighted by atomic mass is 16.4. The molecule has 0 radical (unpaired) electrons. The number of hydrogen-bond donors (Lipinski definition) is 3. The number of carbonyl (C=O) groups excluding carboxylic acids is 1. The zero-order valence-corrected chi connectivity index (χ0v) is 12.7. The van der Waals surface area contributed by atoms with Gasteiger partial charge in [0.2, 0.25) is 5.91 Å². The highest BCUT2D eigenvalue weighted by Crippen LogP contribution is 2.23. The van der Waals surface area contributed by atoms with E-state index in [1.807, 2.05) is 18.7 Å². The van der Waals surface area contributed by atoms with Crippen LogP contribution in [0, 0.1) is 5.41 Å². The van der Waals surface area contributed by atoms with E-state index in [4.69, 9.17) is 10.9 Å². The first-order valence-corrected chi connectivity index (χ1v) is 7.44. The Bertz CT molecular complexity index is 336. The van der Waals surface area contributed by atoms with Gasteiger partial charge in [0, 0.05) is 18.5 Å². The van der Waals surface area contributed by atoms with Crippen molar-refractivity contribution in [2.24, 2.45) is 16.3 Å². The van der Waals surface area contributed by atoms with Gasteiger partial charge in [-0.05, 0) is 32.2 Å². The lowest BCUT2D eigenvalue weighted by Gasteiger charge is -2.22. The third-order valence-electron chi connectivity index (χ3n) is 3.94. The Hall–Kier alpha value is -1.30. The number of hydrogen-bond acceptors (Lipinski definition) is 4. The number of nitrogens with two attached hydrogens (primary N) is 1. The Morgan fingerprint density at radius 2 is 2.00 bits per heavy atom. The number of likely N-dealkylation sites (tertiary alicyclic amines) is 1. The molecule has 1 amide bonds. The fourth-order valence-corrected chi connectivity index (χ4v) is 2.35. The number of oxime groups is 1. The first-order valence-electron chi connectivity index (χ1n) is 7.44. The van der Waals surface area contributed by atoms with E-state index in [2.05, 4.69) is 10.5 Å².